The number of hydrogen-bond donors (Lipinski definition) is 1. The molecule has 0 aromatic carbocycles. The predicted octanol–water partition coefficient (Wildman–Crippen LogP) is 2.34. The summed E-state index contributed by atoms with van der Waals surface area (Å²) in [5.41, 5.74) is 0. The summed E-state index contributed by atoms with van der Waals surface area (Å²) in [5, 5.41) is 4.17. The average Bonchev–Trinajstić information content (AvgIpc) is 2.36. The number of anilines is 1. The van der Waals surface area contributed by atoms with Crippen molar-refractivity contribution in [3.63, 3.8) is 0 Å². The molecule has 0 radical (unpaired) electrons. The largest absolute Gasteiger partial charge is 0.354 e. The Morgan fingerprint density at radius 1 is 1.29 bits per heavy atom. The van der Waals surface area contributed by atoms with Gasteiger partial charge in [0.15, 0.2) is 0 Å². The van der Waals surface area contributed by atoms with Gasteiger partial charge in [0.25, 0.3) is 0 Å². The van der Waals surface area contributed by atoms with Gasteiger partial charge < -0.3 is 10.2 Å². The van der Waals surface area contributed by atoms with Crippen LogP contribution in [0.1, 0.15) is 20.8 Å². The average molecular weight is 254 g/mol. The monoisotopic (exact) mass is 254 g/mol. The van der Waals surface area contributed by atoms with Crippen molar-refractivity contribution in [2.75, 3.05) is 37.2 Å². The van der Waals surface area contributed by atoms with Crippen molar-refractivity contribution in [1.82, 2.24) is 14.9 Å². The molecule has 0 amide bonds. The molecule has 4 nitrogen and oxygen atoms in total. The Morgan fingerprint density at radius 2 is 2.06 bits per heavy atom. The second kappa shape index (κ2) is 8.31. The molecule has 0 fully saturated rings. The summed E-state index contributed by atoms with van der Waals surface area (Å²) < 4.78 is 0. The minimum absolute atomic E-state index is 0.723. The summed E-state index contributed by atoms with van der Waals surface area (Å²) >= 11 is 1.79. The van der Waals surface area contributed by atoms with Crippen LogP contribution in [0.3, 0.4) is 0 Å². The highest BCUT2D eigenvalue weighted by Crippen LogP contribution is 2.15. The van der Waals surface area contributed by atoms with E-state index in [1.54, 1.807) is 11.8 Å². The van der Waals surface area contributed by atoms with Crippen LogP contribution in [0.2, 0.25) is 0 Å². The topological polar surface area (TPSA) is 41.1 Å². The van der Waals surface area contributed by atoms with E-state index in [0.29, 0.717) is 0 Å². The normalized spacial score (nSPS) is 10.8. The SMILES string of the molecule is CCNc1nccc(SCCN(CC)CC)n1. The maximum atomic E-state index is 4.43. The Labute approximate surface area is 108 Å². The zero-order valence-electron chi connectivity index (χ0n) is 10.9. The molecule has 17 heavy (non-hydrogen) atoms. The minimum Gasteiger partial charge on any atom is -0.354 e. The van der Waals surface area contributed by atoms with Gasteiger partial charge in [0, 0.05) is 25.0 Å². The van der Waals surface area contributed by atoms with Gasteiger partial charge in [-0.1, -0.05) is 13.8 Å². The highest BCUT2D eigenvalue weighted by Gasteiger charge is 2.01. The Hall–Kier alpha value is -0.810. The Kier molecular flexibility index (Phi) is 6.96. The Bertz CT molecular complexity index is 315. The van der Waals surface area contributed by atoms with Crippen molar-refractivity contribution in [2.45, 2.75) is 25.8 Å². The first kappa shape index (κ1) is 14.3. The number of aromatic nitrogens is 2. The molecule has 1 rings (SSSR count). The van der Waals surface area contributed by atoms with Crippen molar-refractivity contribution in [2.24, 2.45) is 0 Å². The molecule has 0 saturated carbocycles. The van der Waals surface area contributed by atoms with Crippen LogP contribution in [0, 0.1) is 0 Å². The Balaban J connectivity index is 2.38. The summed E-state index contributed by atoms with van der Waals surface area (Å²) in [7, 11) is 0. The van der Waals surface area contributed by atoms with Crippen molar-refractivity contribution >= 4 is 17.7 Å². The van der Waals surface area contributed by atoms with Gasteiger partial charge >= 0.3 is 0 Å². The highest BCUT2D eigenvalue weighted by atomic mass is 32.2. The van der Waals surface area contributed by atoms with E-state index in [1.807, 2.05) is 19.2 Å². The zero-order chi connectivity index (χ0) is 12.5. The minimum atomic E-state index is 0.723. The van der Waals surface area contributed by atoms with Crippen LogP contribution in [0.25, 0.3) is 0 Å². The maximum Gasteiger partial charge on any atom is 0.223 e. The fourth-order valence-electron chi connectivity index (χ4n) is 1.48. The molecule has 0 aliphatic heterocycles. The lowest BCUT2D eigenvalue weighted by atomic mass is 10.5. The first-order valence-electron chi connectivity index (χ1n) is 6.22. The molecule has 0 bridgehead atoms. The molecule has 0 unspecified atom stereocenters. The third kappa shape index (κ3) is 5.37. The predicted molar refractivity (Wildman–Crippen MR) is 74.7 cm³/mol. The molecule has 0 aliphatic carbocycles. The van der Waals surface area contributed by atoms with E-state index in [2.05, 4.69) is 34.0 Å². The summed E-state index contributed by atoms with van der Waals surface area (Å²) in [4.78, 5) is 11.0. The van der Waals surface area contributed by atoms with Crippen LogP contribution in [0.5, 0.6) is 0 Å². The molecule has 5 heteroatoms. The third-order valence-corrected chi connectivity index (χ3v) is 3.43. The lowest BCUT2D eigenvalue weighted by Gasteiger charge is -2.17. The van der Waals surface area contributed by atoms with Gasteiger partial charge in [0.2, 0.25) is 5.95 Å². The fraction of sp³-hybridized carbons (Fsp3) is 0.667. The zero-order valence-corrected chi connectivity index (χ0v) is 11.8. The molecular formula is C12H22N4S. The van der Waals surface area contributed by atoms with E-state index in [4.69, 9.17) is 0 Å². The van der Waals surface area contributed by atoms with Gasteiger partial charge in [-0.05, 0) is 26.1 Å². The van der Waals surface area contributed by atoms with Gasteiger partial charge in [0.05, 0.1) is 0 Å². The molecule has 1 aromatic heterocycles. The van der Waals surface area contributed by atoms with E-state index in [0.717, 1.165) is 42.9 Å². The molecule has 1 aromatic rings. The molecule has 0 spiro atoms. The summed E-state index contributed by atoms with van der Waals surface area (Å²) in [6.07, 6.45) is 1.81. The number of nitrogens with one attached hydrogen (secondary N) is 1. The van der Waals surface area contributed by atoms with Gasteiger partial charge in [0.1, 0.15) is 5.03 Å². The molecule has 0 atom stereocenters. The highest BCUT2D eigenvalue weighted by molar-refractivity contribution is 7.99. The molecule has 1 N–H and O–H groups in total. The van der Waals surface area contributed by atoms with Crippen molar-refractivity contribution in [3.8, 4) is 0 Å². The van der Waals surface area contributed by atoms with Crippen molar-refractivity contribution in [1.29, 1.82) is 0 Å². The van der Waals surface area contributed by atoms with Crippen molar-refractivity contribution < 1.29 is 0 Å². The van der Waals surface area contributed by atoms with Crippen LogP contribution in [-0.4, -0.2) is 46.8 Å². The van der Waals surface area contributed by atoms with E-state index in [-0.39, 0.29) is 0 Å². The number of thioether (sulfide) groups is 1. The van der Waals surface area contributed by atoms with Crippen LogP contribution in [0.4, 0.5) is 5.95 Å². The lowest BCUT2D eigenvalue weighted by Crippen LogP contribution is -2.25. The van der Waals surface area contributed by atoms with Crippen LogP contribution in [-0.2, 0) is 0 Å². The standard InChI is InChI=1S/C12H22N4S/c1-4-13-12-14-8-7-11(15-12)17-10-9-16(5-2)6-3/h7-8H,4-6,9-10H2,1-3H3,(H,13,14,15). The third-order valence-electron chi connectivity index (χ3n) is 2.52. The van der Waals surface area contributed by atoms with Gasteiger partial charge in [-0.3, -0.25) is 0 Å². The van der Waals surface area contributed by atoms with E-state index in [1.165, 1.54) is 0 Å². The number of hydrogen-bond acceptors (Lipinski definition) is 5. The smallest absolute Gasteiger partial charge is 0.223 e. The number of rotatable bonds is 8. The first-order chi connectivity index (χ1) is 8.30. The summed E-state index contributed by atoms with van der Waals surface area (Å²) in [6, 6.07) is 1.97. The van der Waals surface area contributed by atoms with Crippen LogP contribution in [0.15, 0.2) is 17.3 Å². The quantitative estimate of drug-likeness (QED) is 0.569. The molecule has 1 heterocycles. The second-order valence-electron chi connectivity index (χ2n) is 3.62. The first-order valence-corrected chi connectivity index (χ1v) is 7.20. The van der Waals surface area contributed by atoms with Gasteiger partial charge in [-0.2, -0.15) is 0 Å². The van der Waals surface area contributed by atoms with E-state index < -0.39 is 0 Å². The number of nitrogens with zero attached hydrogens (tertiary/aromatic N) is 3. The molecule has 0 aliphatic rings. The van der Waals surface area contributed by atoms with Crippen molar-refractivity contribution in [3.05, 3.63) is 12.3 Å². The Morgan fingerprint density at radius 3 is 2.71 bits per heavy atom. The fourth-order valence-corrected chi connectivity index (χ4v) is 2.35. The van der Waals surface area contributed by atoms with Gasteiger partial charge in [-0.25, -0.2) is 9.97 Å². The van der Waals surface area contributed by atoms with E-state index >= 15 is 0 Å². The van der Waals surface area contributed by atoms with Crippen LogP contribution < -0.4 is 5.32 Å². The van der Waals surface area contributed by atoms with Gasteiger partial charge in [-0.15, -0.1) is 11.8 Å². The maximum absolute atomic E-state index is 4.43. The summed E-state index contributed by atoms with van der Waals surface area (Å²) in [5.74, 6) is 1.80. The van der Waals surface area contributed by atoms with Crippen LogP contribution >= 0.6 is 11.8 Å². The second-order valence-corrected chi connectivity index (χ2v) is 4.74. The molecule has 0 saturated heterocycles. The molecular weight excluding hydrogens is 232 g/mol. The summed E-state index contributed by atoms with van der Waals surface area (Å²) in [6.45, 7) is 10.6. The molecule has 96 valence electrons. The lowest BCUT2D eigenvalue weighted by molar-refractivity contribution is 0.324. The van der Waals surface area contributed by atoms with E-state index in [9.17, 15) is 0 Å².